The molecule has 1 aromatic rings. The van der Waals surface area contributed by atoms with Crippen molar-refractivity contribution >= 4 is 11.6 Å². The quantitative estimate of drug-likeness (QED) is 0.729. The predicted molar refractivity (Wildman–Crippen MR) is 53.7 cm³/mol. The largest absolute Gasteiger partial charge is 0.327 e. The van der Waals surface area contributed by atoms with E-state index in [1.807, 2.05) is 13.8 Å². The van der Waals surface area contributed by atoms with Gasteiger partial charge in [-0.3, -0.25) is 0 Å². The summed E-state index contributed by atoms with van der Waals surface area (Å²) in [4.78, 5) is 3.59. The van der Waals surface area contributed by atoms with Crippen molar-refractivity contribution in [2.75, 3.05) is 0 Å². The molecule has 2 rings (SSSR count). The maximum atomic E-state index is 13.4. The van der Waals surface area contributed by atoms with E-state index in [9.17, 15) is 4.39 Å². The highest BCUT2D eigenvalue weighted by molar-refractivity contribution is 6.30. The van der Waals surface area contributed by atoms with Crippen molar-refractivity contribution < 1.29 is 4.39 Å². The van der Waals surface area contributed by atoms with Gasteiger partial charge in [-0.25, -0.2) is 4.98 Å². The van der Waals surface area contributed by atoms with Gasteiger partial charge in [0.15, 0.2) is 0 Å². The SMILES string of the molecule is CC1(C)[C@H](N)[C@H]1c1cc(Cl)cnc1F. The molecule has 0 aromatic carbocycles. The Labute approximate surface area is 87.3 Å². The van der Waals surface area contributed by atoms with E-state index in [1.54, 1.807) is 6.07 Å². The zero-order valence-corrected chi connectivity index (χ0v) is 8.85. The van der Waals surface area contributed by atoms with Gasteiger partial charge in [0.2, 0.25) is 5.95 Å². The summed E-state index contributed by atoms with van der Waals surface area (Å²) in [5, 5.41) is 0.455. The molecule has 0 radical (unpaired) electrons. The molecule has 76 valence electrons. The molecular weight excluding hydrogens is 203 g/mol. The second kappa shape index (κ2) is 2.91. The van der Waals surface area contributed by atoms with Gasteiger partial charge in [-0.2, -0.15) is 4.39 Å². The summed E-state index contributed by atoms with van der Waals surface area (Å²) in [5.74, 6) is -0.422. The molecule has 1 heterocycles. The lowest BCUT2D eigenvalue weighted by molar-refractivity contribution is 0.545. The van der Waals surface area contributed by atoms with Gasteiger partial charge in [0, 0.05) is 23.7 Å². The third kappa shape index (κ3) is 1.31. The number of hydrogen-bond acceptors (Lipinski definition) is 2. The molecule has 2 atom stereocenters. The van der Waals surface area contributed by atoms with Crippen LogP contribution in [-0.4, -0.2) is 11.0 Å². The summed E-state index contributed by atoms with van der Waals surface area (Å²) >= 11 is 5.76. The average molecular weight is 215 g/mol. The van der Waals surface area contributed by atoms with Crippen LogP contribution >= 0.6 is 11.6 Å². The zero-order valence-electron chi connectivity index (χ0n) is 8.09. The number of hydrogen-bond donors (Lipinski definition) is 1. The molecule has 4 heteroatoms. The van der Waals surface area contributed by atoms with Crippen LogP contribution in [0.4, 0.5) is 4.39 Å². The van der Waals surface area contributed by atoms with E-state index < -0.39 is 5.95 Å². The zero-order chi connectivity index (χ0) is 10.5. The Morgan fingerprint density at radius 2 is 2.14 bits per heavy atom. The fourth-order valence-electron chi connectivity index (χ4n) is 1.93. The lowest BCUT2D eigenvalue weighted by Gasteiger charge is -2.03. The second-order valence-electron chi connectivity index (χ2n) is 4.36. The first-order valence-electron chi connectivity index (χ1n) is 4.51. The van der Waals surface area contributed by atoms with E-state index in [1.165, 1.54) is 6.20 Å². The lowest BCUT2D eigenvalue weighted by atomic mass is 10.0. The van der Waals surface area contributed by atoms with Crippen LogP contribution in [0.15, 0.2) is 12.3 Å². The van der Waals surface area contributed by atoms with Gasteiger partial charge in [-0.1, -0.05) is 25.4 Å². The number of pyridine rings is 1. The average Bonchev–Trinajstić information content (AvgIpc) is 2.58. The summed E-state index contributed by atoms with van der Waals surface area (Å²) in [7, 11) is 0. The molecule has 0 amide bonds. The van der Waals surface area contributed by atoms with Crippen LogP contribution in [0, 0.1) is 11.4 Å². The van der Waals surface area contributed by atoms with Crippen molar-refractivity contribution in [2.45, 2.75) is 25.8 Å². The fraction of sp³-hybridized carbons (Fsp3) is 0.500. The van der Waals surface area contributed by atoms with Gasteiger partial charge in [-0.15, -0.1) is 0 Å². The number of nitrogens with zero attached hydrogens (tertiary/aromatic N) is 1. The molecule has 0 bridgehead atoms. The van der Waals surface area contributed by atoms with Crippen LogP contribution in [0.2, 0.25) is 5.02 Å². The fourth-order valence-corrected chi connectivity index (χ4v) is 2.09. The molecule has 14 heavy (non-hydrogen) atoms. The summed E-state index contributed by atoms with van der Waals surface area (Å²) in [6.45, 7) is 4.03. The third-order valence-electron chi connectivity index (χ3n) is 3.08. The van der Waals surface area contributed by atoms with Crippen LogP contribution in [0.3, 0.4) is 0 Å². The van der Waals surface area contributed by atoms with Crippen molar-refractivity contribution in [2.24, 2.45) is 11.1 Å². The molecule has 1 saturated carbocycles. The van der Waals surface area contributed by atoms with Crippen molar-refractivity contribution in [3.63, 3.8) is 0 Å². The highest BCUT2D eigenvalue weighted by atomic mass is 35.5. The molecule has 0 aliphatic heterocycles. The van der Waals surface area contributed by atoms with E-state index >= 15 is 0 Å². The first-order valence-corrected chi connectivity index (χ1v) is 4.89. The van der Waals surface area contributed by atoms with Crippen LogP contribution in [0.25, 0.3) is 0 Å². The lowest BCUT2D eigenvalue weighted by Crippen LogP contribution is -2.06. The molecule has 1 aliphatic carbocycles. The highest BCUT2D eigenvalue weighted by Crippen LogP contribution is 2.57. The van der Waals surface area contributed by atoms with E-state index in [-0.39, 0.29) is 17.4 Å². The Balaban J connectivity index is 2.39. The monoisotopic (exact) mass is 214 g/mol. The van der Waals surface area contributed by atoms with E-state index in [4.69, 9.17) is 17.3 Å². The minimum atomic E-state index is -0.458. The minimum Gasteiger partial charge on any atom is -0.327 e. The molecule has 1 aromatic heterocycles. The van der Waals surface area contributed by atoms with Gasteiger partial charge in [0.1, 0.15) is 0 Å². The van der Waals surface area contributed by atoms with Crippen molar-refractivity contribution in [1.82, 2.24) is 4.98 Å². The summed E-state index contributed by atoms with van der Waals surface area (Å²) in [6.07, 6.45) is 1.31. The summed E-state index contributed by atoms with van der Waals surface area (Å²) < 4.78 is 13.4. The Morgan fingerprint density at radius 1 is 1.57 bits per heavy atom. The van der Waals surface area contributed by atoms with Crippen molar-refractivity contribution in [3.8, 4) is 0 Å². The molecule has 0 saturated heterocycles. The maximum absolute atomic E-state index is 13.4. The van der Waals surface area contributed by atoms with Gasteiger partial charge in [0.25, 0.3) is 0 Å². The van der Waals surface area contributed by atoms with Crippen molar-refractivity contribution in [3.05, 3.63) is 28.8 Å². The normalized spacial score (nSPS) is 28.9. The van der Waals surface area contributed by atoms with Gasteiger partial charge in [-0.05, 0) is 11.5 Å². The molecular formula is C10H12ClFN2. The number of halogens is 2. The highest BCUT2D eigenvalue weighted by Gasteiger charge is 2.57. The first kappa shape index (κ1) is 9.87. The van der Waals surface area contributed by atoms with Crippen molar-refractivity contribution in [1.29, 1.82) is 0 Å². The Morgan fingerprint density at radius 3 is 2.64 bits per heavy atom. The van der Waals surface area contributed by atoms with Gasteiger partial charge in [0.05, 0.1) is 5.02 Å². The standard InChI is InChI=1S/C10H12ClFN2/c1-10(2)7(8(10)13)6-3-5(11)4-14-9(6)12/h3-4,7-8H,13H2,1-2H3/t7-,8-/m1/s1. The minimum absolute atomic E-state index is 0.00253. The number of nitrogens with two attached hydrogens (primary N) is 1. The smallest absolute Gasteiger partial charge is 0.216 e. The first-order chi connectivity index (χ1) is 6.44. The molecule has 0 spiro atoms. The molecule has 2 nitrogen and oxygen atoms in total. The maximum Gasteiger partial charge on any atom is 0.216 e. The van der Waals surface area contributed by atoms with Gasteiger partial charge < -0.3 is 5.73 Å². The number of aromatic nitrogens is 1. The second-order valence-corrected chi connectivity index (χ2v) is 4.79. The predicted octanol–water partition coefficient (Wildman–Crippen LogP) is 2.32. The van der Waals surface area contributed by atoms with Crippen LogP contribution in [-0.2, 0) is 0 Å². The molecule has 1 aliphatic rings. The van der Waals surface area contributed by atoms with Crippen LogP contribution in [0.1, 0.15) is 25.3 Å². The van der Waals surface area contributed by atoms with E-state index in [0.29, 0.717) is 10.6 Å². The third-order valence-corrected chi connectivity index (χ3v) is 3.29. The van der Waals surface area contributed by atoms with Crippen LogP contribution in [0.5, 0.6) is 0 Å². The summed E-state index contributed by atoms with van der Waals surface area (Å²) in [5.41, 5.74) is 6.35. The Hall–Kier alpha value is -0.670. The summed E-state index contributed by atoms with van der Waals surface area (Å²) in [6, 6.07) is 1.61. The number of rotatable bonds is 1. The van der Waals surface area contributed by atoms with Crippen LogP contribution < -0.4 is 5.73 Å². The Kier molecular flexibility index (Phi) is 2.05. The topological polar surface area (TPSA) is 38.9 Å². The molecule has 0 unspecified atom stereocenters. The van der Waals surface area contributed by atoms with E-state index in [0.717, 1.165) is 0 Å². The molecule has 2 N–H and O–H groups in total. The molecule has 1 fully saturated rings. The van der Waals surface area contributed by atoms with E-state index in [2.05, 4.69) is 4.98 Å². The Bertz CT molecular complexity index is 378. The van der Waals surface area contributed by atoms with Gasteiger partial charge >= 0.3 is 0 Å².